The Bertz CT molecular complexity index is 1010. The Hall–Kier alpha value is -2.63. The van der Waals surface area contributed by atoms with E-state index in [4.69, 9.17) is 14.8 Å². The number of nitrogens with zero attached hydrogens (tertiary/aromatic N) is 3. The second kappa shape index (κ2) is 9.72. The summed E-state index contributed by atoms with van der Waals surface area (Å²) in [6.07, 6.45) is 6.92. The van der Waals surface area contributed by atoms with E-state index >= 15 is 0 Å². The molecule has 1 unspecified atom stereocenters. The standard InChI is InChI=1S/C23H32N4O2/c1-5-8-9-10-13-17(6-2)22-24-16(4)20-23(28)25-21(26-27(20)22)18-14-11-12-15-19(18)29-7-3/h11-12,14-15,17H,5-10,13H2,1-4H3,(H,25,26,28). The van der Waals surface area contributed by atoms with E-state index in [1.807, 2.05) is 38.1 Å². The number of H-pyrrole nitrogens is 1. The summed E-state index contributed by atoms with van der Waals surface area (Å²) in [6.45, 7) is 8.78. The van der Waals surface area contributed by atoms with Crippen molar-refractivity contribution < 1.29 is 4.74 Å². The molecule has 2 heterocycles. The summed E-state index contributed by atoms with van der Waals surface area (Å²) in [5.41, 5.74) is 1.87. The first-order chi connectivity index (χ1) is 14.1. The van der Waals surface area contributed by atoms with E-state index in [0.29, 0.717) is 23.7 Å². The topological polar surface area (TPSA) is 72.3 Å². The zero-order valence-corrected chi connectivity index (χ0v) is 18.0. The maximum Gasteiger partial charge on any atom is 0.277 e. The van der Waals surface area contributed by atoms with E-state index in [0.717, 1.165) is 29.9 Å². The summed E-state index contributed by atoms with van der Waals surface area (Å²) in [4.78, 5) is 20.6. The molecule has 6 nitrogen and oxygen atoms in total. The van der Waals surface area contributed by atoms with Crippen molar-refractivity contribution >= 4 is 5.52 Å². The number of hydrogen-bond donors (Lipinski definition) is 1. The van der Waals surface area contributed by atoms with E-state index in [2.05, 4.69) is 18.8 Å². The van der Waals surface area contributed by atoms with Crippen LogP contribution in [0.15, 0.2) is 29.1 Å². The summed E-state index contributed by atoms with van der Waals surface area (Å²) in [6, 6.07) is 7.65. The minimum absolute atomic E-state index is 0.168. The van der Waals surface area contributed by atoms with Gasteiger partial charge in [0.05, 0.1) is 17.9 Å². The van der Waals surface area contributed by atoms with E-state index in [9.17, 15) is 4.79 Å². The second-order valence-electron chi connectivity index (χ2n) is 7.50. The van der Waals surface area contributed by atoms with Crippen molar-refractivity contribution in [2.45, 2.75) is 72.1 Å². The first-order valence-electron chi connectivity index (χ1n) is 10.8. The van der Waals surface area contributed by atoms with Gasteiger partial charge in [0.15, 0.2) is 11.3 Å². The smallest absolute Gasteiger partial charge is 0.277 e. The minimum atomic E-state index is -0.168. The van der Waals surface area contributed by atoms with Crippen molar-refractivity contribution in [3.63, 3.8) is 0 Å². The number of aromatic amines is 1. The van der Waals surface area contributed by atoms with Gasteiger partial charge in [-0.05, 0) is 38.8 Å². The molecule has 2 aromatic heterocycles. The summed E-state index contributed by atoms with van der Waals surface area (Å²) < 4.78 is 7.50. The predicted octanol–water partition coefficient (Wildman–Crippen LogP) is 5.26. The number of hydrogen-bond acceptors (Lipinski definition) is 4. The van der Waals surface area contributed by atoms with Gasteiger partial charge in [-0.15, -0.1) is 5.10 Å². The van der Waals surface area contributed by atoms with Crippen LogP contribution in [0.5, 0.6) is 5.75 Å². The van der Waals surface area contributed by atoms with Crippen LogP contribution < -0.4 is 10.3 Å². The van der Waals surface area contributed by atoms with Crippen molar-refractivity contribution in [2.75, 3.05) is 6.61 Å². The normalized spacial score (nSPS) is 12.4. The number of nitrogens with one attached hydrogen (secondary N) is 1. The van der Waals surface area contributed by atoms with Crippen LogP contribution in [-0.2, 0) is 0 Å². The fourth-order valence-corrected chi connectivity index (χ4v) is 3.86. The molecule has 3 aromatic rings. The van der Waals surface area contributed by atoms with Gasteiger partial charge in [-0.25, -0.2) is 9.50 Å². The van der Waals surface area contributed by atoms with Crippen LogP contribution in [-0.4, -0.2) is 26.2 Å². The molecule has 1 N–H and O–H groups in total. The average molecular weight is 397 g/mol. The molecular formula is C23H32N4O2. The molecule has 0 saturated heterocycles. The van der Waals surface area contributed by atoms with Crippen molar-refractivity contribution in [1.29, 1.82) is 0 Å². The molecule has 156 valence electrons. The van der Waals surface area contributed by atoms with Gasteiger partial charge in [-0.1, -0.05) is 51.7 Å². The lowest BCUT2D eigenvalue weighted by atomic mass is 9.97. The quantitative estimate of drug-likeness (QED) is 0.475. The van der Waals surface area contributed by atoms with Gasteiger partial charge in [0.2, 0.25) is 0 Å². The Kier molecular flexibility index (Phi) is 7.07. The Morgan fingerprint density at radius 3 is 2.66 bits per heavy atom. The lowest BCUT2D eigenvalue weighted by molar-refractivity contribution is 0.341. The molecule has 1 aromatic carbocycles. The highest BCUT2D eigenvalue weighted by molar-refractivity contribution is 5.64. The van der Waals surface area contributed by atoms with Gasteiger partial charge in [0.1, 0.15) is 11.6 Å². The number of fused-ring (bicyclic) bond motifs is 1. The second-order valence-corrected chi connectivity index (χ2v) is 7.50. The van der Waals surface area contributed by atoms with Crippen LogP contribution in [0.3, 0.4) is 0 Å². The van der Waals surface area contributed by atoms with Crippen LogP contribution in [0.25, 0.3) is 16.9 Å². The van der Waals surface area contributed by atoms with E-state index < -0.39 is 0 Å². The molecule has 0 aliphatic carbocycles. The summed E-state index contributed by atoms with van der Waals surface area (Å²) >= 11 is 0. The maximum atomic E-state index is 12.9. The van der Waals surface area contributed by atoms with E-state index in [1.165, 1.54) is 25.7 Å². The molecule has 6 heteroatoms. The highest BCUT2D eigenvalue weighted by Crippen LogP contribution is 2.29. The molecule has 0 fully saturated rings. The number of rotatable bonds is 10. The molecular weight excluding hydrogens is 364 g/mol. The largest absolute Gasteiger partial charge is 0.493 e. The number of unbranched alkanes of at least 4 members (excludes halogenated alkanes) is 3. The van der Waals surface area contributed by atoms with Crippen molar-refractivity contribution in [2.24, 2.45) is 0 Å². The van der Waals surface area contributed by atoms with Crippen LogP contribution in [0, 0.1) is 6.92 Å². The van der Waals surface area contributed by atoms with Gasteiger partial charge in [-0.2, -0.15) is 0 Å². The maximum absolute atomic E-state index is 12.9. The number of benzene rings is 1. The summed E-state index contributed by atoms with van der Waals surface area (Å²) in [5.74, 6) is 2.39. The number of para-hydroxylation sites is 1. The van der Waals surface area contributed by atoms with Crippen LogP contribution in [0.4, 0.5) is 0 Å². The fourth-order valence-electron chi connectivity index (χ4n) is 3.86. The monoisotopic (exact) mass is 396 g/mol. The molecule has 0 radical (unpaired) electrons. The summed E-state index contributed by atoms with van der Waals surface area (Å²) in [7, 11) is 0. The molecule has 0 spiro atoms. The summed E-state index contributed by atoms with van der Waals surface area (Å²) in [5, 5.41) is 4.80. The van der Waals surface area contributed by atoms with Crippen LogP contribution in [0.2, 0.25) is 0 Å². The Balaban J connectivity index is 2.06. The predicted molar refractivity (Wildman–Crippen MR) is 117 cm³/mol. The molecule has 3 rings (SSSR count). The lowest BCUT2D eigenvalue weighted by Gasteiger charge is -2.14. The number of imidazole rings is 1. The molecule has 0 saturated carbocycles. The fraction of sp³-hybridized carbons (Fsp3) is 0.522. The molecule has 0 amide bonds. The number of aromatic nitrogens is 4. The van der Waals surface area contributed by atoms with Crippen molar-refractivity contribution in [3.05, 3.63) is 46.1 Å². The van der Waals surface area contributed by atoms with Gasteiger partial charge >= 0.3 is 0 Å². The minimum Gasteiger partial charge on any atom is -0.493 e. The highest BCUT2D eigenvalue weighted by Gasteiger charge is 2.21. The van der Waals surface area contributed by atoms with Crippen LogP contribution in [0.1, 0.15) is 76.7 Å². The third-order valence-corrected chi connectivity index (χ3v) is 5.41. The third kappa shape index (κ3) is 4.52. The van der Waals surface area contributed by atoms with Gasteiger partial charge < -0.3 is 9.72 Å². The Morgan fingerprint density at radius 2 is 1.93 bits per heavy atom. The van der Waals surface area contributed by atoms with E-state index in [-0.39, 0.29) is 11.5 Å². The molecule has 1 atom stereocenters. The average Bonchev–Trinajstić information content (AvgIpc) is 3.05. The zero-order chi connectivity index (χ0) is 20.8. The van der Waals surface area contributed by atoms with E-state index in [1.54, 1.807) is 4.52 Å². The lowest BCUT2D eigenvalue weighted by Crippen LogP contribution is -2.17. The first-order valence-corrected chi connectivity index (χ1v) is 10.8. The van der Waals surface area contributed by atoms with Crippen LogP contribution >= 0.6 is 0 Å². The Labute approximate surface area is 172 Å². The first kappa shape index (κ1) is 21.1. The zero-order valence-electron chi connectivity index (χ0n) is 18.0. The number of aryl methyl sites for hydroxylation is 1. The van der Waals surface area contributed by atoms with Crippen molar-refractivity contribution in [1.82, 2.24) is 19.6 Å². The van der Waals surface area contributed by atoms with Gasteiger partial charge in [-0.3, -0.25) is 4.79 Å². The van der Waals surface area contributed by atoms with Gasteiger partial charge in [0.25, 0.3) is 5.56 Å². The van der Waals surface area contributed by atoms with Crippen molar-refractivity contribution in [3.8, 4) is 17.1 Å². The highest BCUT2D eigenvalue weighted by atomic mass is 16.5. The van der Waals surface area contributed by atoms with Gasteiger partial charge in [0, 0.05) is 5.92 Å². The third-order valence-electron chi connectivity index (χ3n) is 5.41. The SMILES string of the molecule is CCCCCCC(CC)c1nc(C)c2c(=O)[nH]c(-c3ccccc3OCC)nn12. The molecule has 0 aliphatic heterocycles. The molecule has 0 aliphatic rings. The Morgan fingerprint density at radius 1 is 1.14 bits per heavy atom. The molecule has 29 heavy (non-hydrogen) atoms. The molecule has 0 bridgehead atoms. The number of ether oxygens (including phenoxy) is 1.